The number of carbonyl (C=O) groups excluding carboxylic acids is 24. The van der Waals surface area contributed by atoms with Gasteiger partial charge in [-0.15, -0.1) is 0 Å². The molecule has 102 heteroatoms. The summed E-state index contributed by atoms with van der Waals surface area (Å²) in [6.07, 6.45) is 0. The van der Waals surface area contributed by atoms with Crippen molar-refractivity contribution in [2.45, 2.75) is 0 Å². The number of cyclic esters (lactones) is 24. The number of rotatable bonds is 0. The van der Waals surface area contributed by atoms with Gasteiger partial charge in [-0.25, -0.2) is 115 Å². The summed E-state index contributed by atoms with van der Waals surface area (Å²) < 4.78 is 106. The van der Waals surface area contributed by atoms with Crippen molar-refractivity contribution in [1.82, 2.24) is 0 Å². The van der Waals surface area contributed by atoms with E-state index in [1.165, 1.54) is 0 Å². The van der Waals surface area contributed by atoms with Crippen molar-refractivity contribution >= 4 is 600 Å². The molecule has 0 aromatic heterocycles. The number of carbonyl (C=O) groups is 24. The molecule has 12 radical (unpaired) electrons. The van der Waals surface area contributed by atoms with Crippen molar-refractivity contribution < 1.29 is 401 Å². The van der Waals surface area contributed by atoms with Gasteiger partial charge in [0.2, 0.25) is 0 Å². The van der Waals surface area contributed by atoms with Crippen molar-refractivity contribution in [2.24, 2.45) is 0 Å². The minimum atomic E-state index is -1.47. The van der Waals surface area contributed by atoms with Crippen molar-refractivity contribution in [3.63, 3.8) is 0 Å². The first-order chi connectivity index (χ1) is 71.1. The van der Waals surface area contributed by atoms with Gasteiger partial charge in [0.25, 0.3) is 0 Å². The maximum atomic E-state index is 11.3. The summed E-state index contributed by atoms with van der Waals surface area (Å²) in [5, 5.41) is 0. The molecule has 0 aromatic rings. The van der Waals surface area contributed by atoms with Crippen LogP contribution in [0.5, 0.6) is 0 Å². The van der Waals surface area contributed by atoms with Crippen LogP contribution >= 0.6 is 343 Å². The fraction of sp³-hybridized carbons (Fsp3) is 0.500. The second-order valence-corrected chi connectivity index (χ2v) is 68.5. The molecule has 0 bridgehead atoms. The Morgan fingerprint density at radius 2 is 0.160 bits per heavy atom. The number of ether oxygens (including phenoxy) is 24. The van der Waals surface area contributed by atoms with E-state index in [0.29, 0.717) is 102 Å². The first kappa shape index (κ1) is 200. The van der Waals surface area contributed by atoms with E-state index in [0.717, 1.165) is 0 Å². The van der Waals surface area contributed by atoms with Crippen molar-refractivity contribution in [3.8, 4) is 0 Å². The second kappa shape index (κ2) is 181. The number of hydrogen-bond donors (Lipinski definition) is 0. The van der Waals surface area contributed by atoms with Gasteiger partial charge >= 0.3 is 772 Å². The van der Waals surface area contributed by atoms with Gasteiger partial charge in [0.1, 0.15) is 159 Å². The molecule has 0 aromatic carbocycles. The average molecular weight is 4220 g/mol. The molecule has 3 rings (SSSR count). The van der Waals surface area contributed by atoms with E-state index in [4.69, 9.17) is 343 Å². The zero-order valence-electron chi connectivity index (χ0n) is 69.6. The summed E-state index contributed by atoms with van der Waals surface area (Å²) in [6, 6.07) is 0. The van der Waals surface area contributed by atoms with Crippen LogP contribution in [0.15, 0.2) is 0 Å². The molecular weight excluding hydrogens is 4180 g/mol. The van der Waals surface area contributed by atoms with Crippen LogP contribution in [0.4, 0.5) is 0 Å². The minimum absolute atomic E-state index is 0.382. The van der Waals surface area contributed by atoms with Crippen molar-refractivity contribution in [3.05, 3.63) is 0 Å². The van der Waals surface area contributed by atoms with Gasteiger partial charge in [-0.2, -0.15) is 0 Å². The summed E-state index contributed by atoms with van der Waals surface area (Å²) in [6.45, 7) is -14.8. The fourth-order valence-electron chi connectivity index (χ4n) is 4.64. The molecule has 900 valence electrons. The Morgan fingerprint density at radius 1 is 0.140 bits per heavy atom. The first-order valence-corrected chi connectivity index (χ1v) is 120. The summed E-state index contributed by atoms with van der Waals surface area (Å²) in [5.74, 6) is -35.3. The quantitative estimate of drug-likeness (QED) is 0.0940. The third kappa shape index (κ3) is 193. The first-order valence-electron chi connectivity index (χ1n) is 31.3. The molecule has 0 saturated carbocycles. The van der Waals surface area contributed by atoms with E-state index in [1.54, 1.807) is 0 Å². The molecule has 48 nitrogen and oxygen atoms in total. The van der Waals surface area contributed by atoms with Crippen molar-refractivity contribution in [2.75, 3.05) is 159 Å². The van der Waals surface area contributed by atoms with Crippen LogP contribution in [-0.4, -0.2) is 415 Å². The third-order valence-electron chi connectivity index (χ3n) is 8.60. The van der Waals surface area contributed by atoms with Crippen LogP contribution in [0, 0.1) is 0 Å². The molecule has 3 saturated heterocycles. The zero-order chi connectivity index (χ0) is 121. The van der Waals surface area contributed by atoms with E-state index < -0.39 is 486 Å². The van der Waals surface area contributed by atoms with Gasteiger partial charge in [0.15, 0.2) is 0 Å². The zero-order valence-corrected chi connectivity index (χ0v) is 131. The van der Waals surface area contributed by atoms with Gasteiger partial charge in [-0.1, -0.05) is 0 Å². The number of esters is 24. The van der Waals surface area contributed by atoms with Crippen LogP contribution in [0.2, 0.25) is 0 Å². The molecule has 150 heavy (non-hydrogen) atoms. The molecule has 0 spiro atoms. The molecule has 0 amide bonds. The molecular formula is C48H48Cl36Co4Nb4Ni4O48Sn6. The second-order valence-electron chi connectivity index (χ2n) is 16.3. The normalized spacial score (nSPS) is 14.7. The Kier molecular flexibility index (Phi) is 241. The van der Waals surface area contributed by atoms with E-state index >= 15 is 0 Å². The Balaban J connectivity index is -0.0000000873. The molecule has 3 heterocycles. The molecule has 3 aliphatic heterocycles. The van der Waals surface area contributed by atoms with Gasteiger partial charge in [-0.05, 0) is 0 Å². The predicted octanol–water partition coefficient (Wildman–Crippen LogP) is 11.5. The van der Waals surface area contributed by atoms with Crippen LogP contribution in [0.25, 0.3) is 0 Å². The van der Waals surface area contributed by atoms with Crippen LogP contribution in [0.1, 0.15) is 0 Å². The van der Waals surface area contributed by atoms with E-state index in [1.807, 2.05) is 0 Å². The molecule has 0 atom stereocenters. The summed E-state index contributed by atoms with van der Waals surface area (Å²) in [7, 11) is 174. The average Bonchev–Trinajstić information content (AvgIpc) is 0.943. The Bertz CT molecular complexity index is 2510. The third-order valence-corrected chi connectivity index (χ3v) is 8.60. The molecule has 0 unspecified atom stereocenters. The van der Waals surface area contributed by atoms with E-state index in [2.05, 4.69) is 114 Å². The molecule has 3 aliphatic rings. The standard InChI is InChI=1S/3C16H16O16.36ClH.4Co.4Nb.4Ni.6Sn/c3*17-9-10(18)27-3-4-29-13(21)14(22)31-7-8-32-16(24)15(23)30-6-5-28-12(20)11(19)26-2-1-25-9;;;;;;;;;;;;;;;;;;;;;;;;;;;;;;;;;;;;;;;;;;;;;;;;;;;;;;/h3*1-8H2;36*1H;;;;;;;;;;;;;;;;;;/q;;;;;;;;;;;;;;;;;;;;;;;;;;;;;;;;;;;;;;;18*+2/p-36. The van der Waals surface area contributed by atoms with Gasteiger partial charge in [0, 0.05) is 0 Å². The van der Waals surface area contributed by atoms with Crippen LogP contribution in [-0.2, 0) is 401 Å². The SMILES string of the molecule is O=C1OCCOC(=O)C(=O)OCCOC(=O)C(=O)OCCOC(=O)C(=O)OCCOC1=O.O=C1OCCOC(=O)C(=O)OCCOC(=O)C(=O)OCCOC(=O)C(=O)OCCOC1=O.O=C1OCCOC(=O)C(=O)OCCOC(=O)C(=O)OCCOC(=O)C(=O)OCCOC1=O.[Cl][Co][Cl].[Cl][Co][Cl].[Cl][Co][Cl].[Cl][Co][Cl].[Cl][Nb][Cl].[Cl][Nb][Cl].[Cl][Nb][Cl].[Cl][Nb][Cl].[Cl][Ni][Cl].[Cl][Ni][Cl].[Cl][Ni][Cl].[Cl][Ni][Cl].[Cl][Sn][Cl].[Cl][Sn][Cl].[Cl][Sn][Cl].[Cl][Sn][Cl].[Cl][Sn][Cl].[Cl][Sn][Cl]. The van der Waals surface area contributed by atoms with Crippen LogP contribution in [0.3, 0.4) is 0 Å². The predicted molar refractivity (Wildman–Crippen MR) is 508 cm³/mol. The monoisotopic (exact) mass is 4210 g/mol. The Labute approximate surface area is 1140 Å². The molecule has 0 aliphatic carbocycles. The van der Waals surface area contributed by atoms with Gasteiger partial charge in [0.05, 0.1) is 0 Å². The molecule has 3 fully saturated rings. The fourth-order valence-corrected chi connectivity index (χ4v) is 4.64. The number of halogens is 36. The number of hydrogen-bond acceptors (Lipinski definition) is 48. The van der Waals surface area contributed by atoms with Crippen molar-refractivity contribution in [1.29, 1.82) is 0 Å². The summed E-state index contributed by atoms with van der Waals surface area (Å²) in [5.41, 5.74) is 0. The maximum absolute atomic E-state index is 11.3. The topological polar surface area (TPSA) is 631 Å². The Hall–Kier alpha value is 9.47. The van der Waals surface area contributed by atoms with Gasteiger partial charge in [-0.3, -0.25) is 0 Å². The Morgan fingerprint density at radius 3 is 0.180 bits per heavy atom. The van der Waals surface area contributed by atoms with E-state index in [-0.39, 0.29) is 0 Å². The van der Waals surface area contributed by atoms with Crippen LogP contribution < -0.4 is 0 Å². The summed E-state index contributed by atoms with van der Waals surface area (Å²) in [4.78, 5) is 272. The van der Waals surface area contributed by atoms with E-state index in [9.17, 15) is 115 Å². The molecule has 0 N–H and O–H groups in total. The van der Waals surface area contributed by atoms with Gasteiger partial charge < -0.3 is 114 Å². The summed E-state index contributed by atoms with van der Waals surface area (Å²) >= 11 is -3.97.